The van der Waals surface area contributed by atoms with Gasteiger partial charge < -0.3 is 9.80 Å². The van der Waals surface area contributed by atoms with Crippen molar-refractivity contribution in [2.45, 2.75) is 6.18 Å². The van der Waals surface area contributed by atoms with E-state index in [4.69, 9.17) is 11.6 Å². The summed E-state index contributed by atoms with van der Waals surface area (Å²) in [6, 6.07) is 4.02. The first kappa shape index (κ1) is 19.9. The quantitative estimate of drug-likeness (QED) is 0.479. The number of nitrogens with zero attached hydrogens (tertiary/aromatic N) is 3. The number of rotatable bonds is 2. The number of anilines is 1. The molecule has 1 fully saturated rings. The number of aromatic nitrogens is 1. The lowest BCUT2D eigenvalue weighted by Gasteiger charge is -2.36. The third-order valence-electron chi connectivity index (χ3n) is 4.22. The monoisotopic (exact) mass is 465 g/mol. The van der Waals surface area contributed by atoms with Crippen LogP contribution >= 0.6 is 27.5 Å². The van der Waals surface area contributed by atoms with Gasteiger partial charge in [0.05, 0.1) is 16.8 Å². The Kier molecular flexibility index (Phi) is 5.62. The zero-order valence-corrected chi connectivity index (χ0v) is 16.1. The molecular weight excluding hydrogens is 454 g/mol. The van der Waals surface area contributed by atoms with Crippen LogP contribution in [0.4, 0.5) is 23.2 Å². The molecule has 0 bridgehead atoms. The van der Waals surface area contributed by atoms with Crippen molar-refractivity contribution >= 4 is 39.1 Å². The van der Waals surface area contributed by atoms with Crippen LogP contribution in [0.1, 0.15) is 15.9 Å². The largest absolute Gasteiger partial charge is 0.416 e. The normalized spacial score (nSPS) is 15.2. The molecule has 0 N–H and O–H groups in total. The number of pyridine rings is 1. The number of halogens is 6. The SMILES string of the molecule is O=C(c1cc(Br)cnc1Cl)N1CCN(c2ccc(C(F)(F)F)cc2F)CC1. The Morgan fingerprint density at radius 2 is 1.81 bits per heavy atom. The molecule has 1 aromatic carbocycles. The van der Waals surface area contributed by atoms with Crippen LogP contribution < -0.4 is 4.90 Å². The molecule has 10 heteroatoms. The highest BCUT2D eigenvalue weighted by atomic mass is 79.9. The van der Waals surface area contributed by atoms with Crippen LogP contribution in [0, 0.1) is 5.82 Å². The topological polar surface area (TPSA) is 36.4 Å². The standard InChI is InChI=1S/C17H13BrClF4N3O/c18-11-8-12(15(19)24-9-11)16(27)26-5-3-25(4-6-26)14-2-1-10(7-13(14)20)17(21,22)23/h1-2,7-9H,3-6H2. The van der Waals surface area contributed by atoms with Crippen molar-refractivity contribution in [3.63, 3.8) is 0 Å². The van der Waals surface area contributed by atoms with E-state index < -0.39 is 17.6 Å². The maximum Gasteiger partial charge on any atom is 0.416 e. The van der Waals surface area contributed by atoms with E-state index in [1.807, 2.05) is 0 Å². The first-order valence-electron chi connectivity index (χ1n) is 7.89. The van der Waals surface area contributed by atoms with Crippen molar-refractivity contribution in [1.29, 1.82) is 0 Å². The van der Waals surface area contributed by atoms with E-state index >= 15 is 0 Å². The molecular formula is C17H13BrClF4N3O. The maximum absolute atomic E-state index is 14.1. The van der Waals surface area contributed by atoms with Gasteiger partial charge in [0.1, 0.15) is 11.0 Å². The number of piperazine rings is 1. The van der Waals surface area contributed by atoms with E-state index in [1.54, 1.807) is 15.9 Å². The summed E-state index contributed by atoms with van der Waals surface area (Å²) in [4.78, 5) is 19.7. The van der Waals surface area contributed by atoms with E-state index in [0.717, 1.165) is 12.1 Å². The number of benzene rings is 1. The summed E-state index contributed by atoms with van der Waals surface area (Å²) in [6.07, 6.45) is -3.12. The number of amides is 1. The fourth-order valence-corrected chi connectivity index (χ4v) is 3.35. The number of carbonyl (C=O) groups excluding carboxylic acids is 1. The number of hydrogen-bond donors (Lipinski definition) is 0. The molecule has 27 heavy (non-hydrogen) atoms. The minimum atomic E-state index is -4.60. The molecule has 1 aliphatic rings. The molecule has 2 heterocycles. The molecule has 0 atom stereocenters. The van der Waals surface area contributed by atoms with Crippen molar-refractivity contribution < 1.29 is 22.4 Å². The summed E-state index contributed by atoms with van der Waals surface area (Å²) in [5, 5.41) is 0.0828. The van der Waals surface area contributed by atoms with Gasteiger partial charge in [0.15, 0.2) is 0 Å². The van der Waals surface area contributed by atoms with Crippen molar-refractivity contribution in [3.8, 4) is 0 Å². The Bertz CT molecular complexity index is 870. The molecule has 0 unspecified atom stereocenters. The van der Waals surface area contributed by atoms with Gasteiger partial charge in [-0.2, -0.15) is 13.2 Å². The van der Waals surface area contributed by atoms with Gasteiger partial charge in [-0.15, -0.1) is 0 Å². The lowest BCUT2D eigenvalue weighted by atomic mass is 10.1. The summed E-state index contributed by atoms with van der Waals surface area (Å²) < 4.78 is 52.7. The van der Waals surface area contributed by atoms with Crippen LogP contribution in [0.15, 0.2) is 34.9 Å². The van der Waals surface area contributed by atoms with E-state index in [2.05, 4.69) is 20.9 Å². The summed E-state index contributed by atoms with van der Waals surface area (Å²) in [7, 11) is 0. The number of carbonyl (C=O) groups is 1. The van der Waals surface area contributed by atoms with Crippen LogP contribution in [0.3, 0.4) is 0 Å². The van der Waals surface area contributed by atoms with Crippen LogP contribution in [0.2, 0.25) is 5.15 Å². The average molecular weight is 467 g/mol. The highest BCUT2D eigenvalue weighted by Gasteiger charge is 2.32. The lowest BCUT2D eigenvalue weighted by Crippen LogP contribution is -2.49. The van der Waals surface area contributed by atoms with Crippen LogP contribution in [0.25, 0.3) is 0 Å². The van der Waals surface area contributed by atoms with Gasteiger partial charge in [-0.25, -0.2) is 9.37 Å². The van der Waals surface area contributed by atoms with Crippen molar-refractivity contribution in [1.82, 2.24) is 9.88 Å². The Hall–Kier alpha value is -1.87. The highest BCUT2D eigenvalue weighted by molar-refractivity contribution is 9.10. The molecule has 0 radical (unpaired) electrons. The van der Waals surface area contributed by atoms with E-state index in [-0.39, 0.29) is 48.5 Å². The molecule has 1 saturated heterocycles. The molecule has 0 aliphatic carbocycles. The molecule has 1 aromatic heterocycles. The molecule has 4 nitrogen and oxygen atoms in total. The summed E-state index contributed by atoms with van der Waals surface area (Å²) in [5.41, 5.74) is -0.702. The molecule has 0 spiro atoms. The summed E-state index contributed by atoms with van der Waals surface area (Å²) in [5.74, 6) is -1.25. The third kappa shape index (κ3) is 4.35. The average Bonchev–Trinajstić information content (AvgIpc) is 2.62. The third-order valence-corrected chi connectivity index (χ3v) is 4.95. The zero-order valence-electron chi connectivity index (χ0n) is 13.7. The molecule has 1 amide bonds. The number of hydrogen-bond acceptors (Lipinski definition) is 3. The van der Waals surface area contributed by atoms with Gasteiger partial charge in [-0.05, 0) is 40.2 Å². The van der Waals surface area contributed by atoms with Gasteiger partial charge in [0, 0.05) is 36.8 Å². The van der Waals surface area contributed by atoms with Crippen molar-refractivity contribution in [3.05, 3.63) is 57.0 Å². The van der Waals surface area contributed by atoms with Crippen LogP contribution in [0.5, 0.6) is 0 Å². The second-order valence-corrected chi connectivity index (χ2v) is 7.21. The van der Waals surface area contributed by atoms with Crippen LogP contribution in [-0.2, 0) is 6.18 Å². The molecule has 2 aromatic rings. The predicted octanol–water partition coefficient (Wildman–Crippen LogP) is 4.62. The van der Waals surface area contributed by atoms with E-state index in [9.17, 15) is 22.4 Å². The second kappa shape index (κ2) is 7.63. The Labute approximate surface area is 165 Å². The lowest BCUT2D eigenvalue weighted by molar-refractivity contribution is -0.137. The maximum atomic E-state index is 14.1. The second-order valence-electron chi connectivity index (χ2n) is 5.94. The zero-order chi connectivity index (χ0) is 19.8. The fraction of sp³-hybridized carbons (Fsp3) is 0.294. The highest BCUT2D eigenvalue weighted by Crippen LogP contribution is 2.32. The van der Waals surface area contributed by atoms with Gasteiger partial charge >= 0.3 is 6.18 Å². The fourth-order valence-electron chi connectivity index (χ4n) is 2.83. The van der Waals surface area contributed by atoms with Crippen molar-refractivity contribution in [2.75, 3.05) is 31.1 Å². The van der Waals surface area contributed by atoms with E-state index in [1.165, 1.54) is 6.20 Å². The minimum absolute atomic E-state index is 0.0808. The predicted molar refractivity (Wildman–Crippen MR) is 96.5 cm³/mol. The molecule has 0 saturated carbocycles. The van der Waals surface area contributed by atoms with Gasteiger partial charge in [-0.3, -0.25) is 4.79 Å². The molecule has 1 aliphatic heterocycles. The smallest absolute Gasteiger partial charge is 0.366 e. The van der Waals surface area contributed by atoms with E-state index in [0.29, 0.717) is 10.5 Å². The molecule has 3 rings (SSSR count). The van der Waals surface area contributed by atoms with Crippen molar-refractivity contribution in [2.24, 2.45) is 0 Å². The Morgan fingerprint density at radius 3 is 2.41 bits per heavy atom. The van der Waals surface area contributed by atoms with Gasteiger partial charge in [0.25, 0.3) is 5.91 Å². The Morgan fingerprint density at radius 1 is 1.15 bits per heavy atom. The van der Waals surface area contributed by atoms with Gasteiger partial charge in [0.2, 0.25) is 0 Å². The molecule has 144 valence electrons. The van der Waals surface area contributed by atoms with Gasteiger partial charge in [-0.1, -0.05) is 11.6 Å². The number of alkyl halides is 3. The first-order valence-corrected chi connectivity index (χ1v) is 9.06. The Balaban J connectivity index is 1.70. The summed E-state index contributed by atoms with van der Waals surface area (Å²) in [6.45, 7) is 1.13. The van der Waals surface area contributed by atoms with Crippen LogP contribution in [-0.4, -0.2) is 42.0 Å². The minimum Gasteiger partial charge on any atom is -0.366 e. The summed E-state index contributed by atoms with van der Waals surface area (Å²) >= 11 is 9.21. The first-order chi connectivity index (χ1) is 12.7.